The average Bonchev–Trinajstić information content (AvgIpc) is 2.39. The number of nitrogens with zero attached hydrogens (tertiary/aromatic N) is 1. The number of amides is 1. The van der Waals surface area contributed by atoms with E-state index in [1.165, 1.54) is 0 Å². The summed E-state index contributed by atoms with van der Waals surface area (Å²) in [7, 11) is -3.41. The first kappa shape index (κ1) is 14.8. The maximum Gasteiger partial charge on any atom is 0.256 e. The first-order valence-electron chi connectivity index (χ1n) is 6.45. The maximum atomic E-state index is 12.5. The van der Waals surface area contributed by atoms with E-state index in [-0.39, 0.29) is 5.91 Å². The van der Waals surface area contributed by atoms with E-state index in [0.717, 1.165) is 24.9 Å². The van der Waals surface area contributed by atoms with Gasteiger partial charge in [0.25, 0.3) is 5.91 Å². The first-order chi connectivity index (χ1) is 9.37. The van der Waals surface area contributed by atoms with E-state index in [1.807, 2.05) is 6.92 Å². The Balaban J connectivity index is 2.33. The third-order valence-corrected chi connectivity index (χ3v) is 3.70. The van der Waals surface area contributed by atoms with Crippen molar-refractivity contribution in [2.45, 2.75) is 6.92 Å². The molecule has 7 heteroatoms. The molecule has 1 saturated heterocycles. The minimum Gasteiger partial charge on any atom is -0.336 e. The number of anilines is 1. The Morgan fingerprint density at radius 2 is 1.95 bits per heavy atom. The van der Waals surface area contributed by atoms with Crippen molar-refractivity contribution in [1.82, 2.24) is 10.2 Å². The molecule has 20 heavy (non-hydrogen) atoms. The van der Waals surface area contributed by atoms with Crippen LogP contribution in [-0.2, 0) is 10.0 Å². The molecule has 0 aliphatic carbocycles. The molecule has 1 fully saturated rings. The minimum absolute atomic E-state index is 0.138. The molecule has 1 aliphatic heterocycles. The van der Waals surface area contributed by atoms with E-state index in [1.54, 1.807) is 23.1 Å². The number of sulfonamides is 1. The van der Waals surface area contributed by atoms with Crippen LogP contribution in [0.5, 0.6) is 0 Å². The molecule has 0 atom stereocenters. The van der Waals surface area contributed by atoms with Crippen molar-refractivity contribution >= 4 is 21.6 Å². The Morgan fingerprint density at radius 3 is 2.55 bits per heavy atom. The lowest BCUT2D eigenvalue weighted by atomic mass is 10.1. The number of benzene rings is 1. The van der Waals surface area contributed by atoms with Gasteiger partial charge in [0.05, 0.1) is 17.5 Å². The average molecular weight is 297 g/mol. The summed E-state index contributed by atoms with van der Waals surface area (Å²) in [5.74, 6) is -0.138. The second-order valence-electron chi connectivity index (χ2n) is 4.97. The summed E-state index contributed by atoms with van der Waals surface area (Å²) in [6.45, 7) is 4.65. The molecule has 1 heterocycles. The van der Waals surface area contributed by atoms with E-state index in [9.17, 15) is 13.2 Å². The smallest absolute Gasteiger partial charge is 0.256 e. The van der Waals surface area contributed by atoms with Gasteiger partial charge in [-0.15, -0.1) is 0 Å². The fourth-order valence-electron chi connectivity index (χ4n) is 2.16. The molecule has 110 valence electrons. The lowest BCUT2D eigenvalue weighted by Crippen LogP contribution is -2.46. The van der Waals surface area contributed by atoms with Gasteiger partial charge in [-0.25, -0.2) is 8.42 Å². The summed E-state index contributed by atoms with van der Waals surface area (Å²) < 4.78 is 25.2. The number of piperazine rings is 1. The molecule has 2 N–H and O–H groups in total. The fraction of sp³-hybridized carbons (Fsp3) is 0.462. The van der Waals surface area contributed by atoms with E-state index in [4.69, 9.17) is 0 Å². The standard InChI is InChI=1S/C13H19N3O3S/c1-10-3-4-12(15-20(2,18)19)11(9-10)13(17)16-7-5-14-6-8-16/h3-4,9,14-15H,5-8H2,1-2H3. The predicted octanol–water partition coefficient (Wildman–Crippen LogP) is 0.412. The summed E-state index contributed by atoms with van der Waals surface area (Å²) in [4.78, 5) is 14.3. The maximum absolute atomic E-state index is 12.5. The zero-order chi connectivity index (χ0) is 14.8. The molecule has 1 aromatic carbocycles. The Morgan fingerprint density at radius 1 is 1.30 bits per heavy atom. The van der Waals surface area contributed by atoms with E-state index >= 15 is 0 Å². The van der Waals surface area contributed by atoms with Gasteiger partial charge in [0.1, 0.15) is 0 Å². The molecule has 6 nitrogen and oxygen atoms in total. The van der Waals surface area contributed by atoms with Crippen molar-refractivity contribution in [3.63, 3.8) is 0 Å². The van der Waals surface area contributed by atoms with Crippen LogP contribution in [0.25, 0.3) is 0 Å². The van der Waals surface area contributed by atoms with Gasteiger partial charge in [-0.2, -0.15) is 0 Å². The summed E-state index contributed by atoms with van der Waals surface area (Å²) in [6.07, 6.45) is 1.08. The van der Waals surface area contributed by atoms with Gasteiger partial charge < -0.3 is 10.2 Å². The van der Waals surface area contributed by atoms with Gasteiger partial charge in [-0.3, -0.25) is 9.52 Å². The molecule has 1 amide bonds. The van der Waals surface area contributed by atoms with Crippen LogP contribution in [0.3, 0.4) is 0 Å². The van der Waals surface area contributed by atoms with E-state index in [2.05, 4.69) is 10.0 Å². The Hall–Kier alpha value is -1.60. The molecule has 1 aliphatic rings. The molecule has 0 bridgehead atoms. The van der Waals surface area contributed by atoms with Crippen LogP contribution < -0.4 is 10.0 Å². The molecule has 0 aromatic heterocycles. The van der Waals surface area contributed by atoms with Crippen molar-refractivity contribution in [3.05, 3.63) is 29.3 Å². The van der Waals surface area contributed by atoms with Crippen molar-refractivity contribution in [2.24, 2.45) is 0 Å². The summed E-state index contributed by atoms with van der Waals surface area (Å²) in [5.41, 5.74) is 1.65. The molecular formula is C13H19N3O3S. The van der Waals surface area contributed by atoms with E-state index < -0.39 is 10.0 Å². The third-order valence-electron chi connectivity index (χ3n) is 3.11. The minimum atomic E-state index is -3.41. The van der Waals surface area contributed by atoms with Gasteiger partial charge >= 0.3 is 0 Å². The van der Waals surface area contributed by atoms with Gasteiger partial charge in [0.2, 0.25) is 10.0 Å². The quantitative estimate of drug-likeness (QED) is 0.847. The van der Waals surface area contributed by atoms with Crippen LogP contribution in [-0.4, -0.2) is 51.7 Å². The lowest BCUT2D eigenvalue weighted by molar-refractivity contribution is 0.0737. The molecule has 0 spiro atoms. The van der Waals surface area contributed by atoms with Crippen molar-refractivity contribution in [1.29, 1.82) is 0 Å². The van der Waals surface area contributed by atoms with Crippen LogP contribution >= 0.6 is 0 Å². The SMILES string of the molecule is Cc1ccc(NS(C)(=O)=O)c(C(=O)N2CCNCC2)c1. The van der Waals surface area contributed by atoms with Gasteiger partial charge in [-0.1, -0.05) is 11.6 Å². The van der Waals surface area contributed by atoms with Gasteiger partial charge in [0.15, 0.2) is 0 Å². The number of carbonyl (C=O) groups excluding carboxylic acids is 1. The predicted molar refractivity (Wildman–Crippen MR) is 78.4 cm³/mol. The van der Waals surface area contributed by atoms with Crippen LogP contribution in [0.2, 0.25) is 0 Å². The Labute approximate surface area is 119 Å². The molecule has 0 unspecified atom stereocenters. The highest BCUT2D eigenvalue weighted by Crippen LogP contribution is 2.20. The molecule has 1 aromatic rings. The fourth-order valence-corrected chi connectivity index (χ4v) is 2.74. The number of carbonyl (C=O) groups is 1. The lowest BCUT2D eigenvalue weighted by Gasteiger charge is -2.28. The summed E-state index contributed by atoms with van der Waals surface area (Å²) in [6, 6.07) is 5.13. The van der Waals surface area contributed by atoms with E-state index in [0.29, 0.717) is 24.3 Å². The van der Waals surface area contributed by atoms with Crippen molar-refractivity contribution < 1.29 is 13.2 Å². The molecule has 0 saturated carbocycles. The number of hydrogen-bond donors (Lipinski definition) is 2. The Bertz CT molecular complexity index is 607. The molecular weight excluding hydrogens is 278 g/mol. The van der Waals surface area contributed by atoms with Crippen LogP contribution in [0, 0.1) is 6.92 Å². The van der Waals surface area contributed by atoms with Crippen molar-refractivity contribution in [2.75, 3.05) is 37.2 Å². The summed E-state index contributed by atoms with van der Waals surface area (Å²) in [5, 5.41) is 3.18. The molecule has 0 radical (unpaired) electrons. The van der Waals surface area contributed by atoms with Crippen LogP contribution in [0.4, 0.5) is 5.69 Å². The van der Waals surface area contributed by atoms with Gasteiger partial charge in [0, 0.05) is 26.2 Å². The monoisotopic (exact) mass is 297 g/mol. The zero-order valence-corrected chi connectivity index (χ0v) is 12.5. The highest BCUT2D eigenvalue weighted by Gasteiger charge is 2.21. The first-order valence-corrected chi connectivity index (χ1v) is 8.34. The Kier molecular flexibility index (Phi) is 4.29. The van der Waals surface area contributed by atoms with Crippen LogP contribution in [0.1, 0.15) is 15.9 Å². The third kappa shape index (κ3) is 3.71. The highest BCUT2D eigenvalue weighted by molar-refractivity contribution is 7.92. The number of aryl methyl sites for hydroxylation is 1. The van der Waals surface area contributed by atoms with Crippen molar-refractivity contribution in [3.8, 4) is 0 Å². The second kappa shape index (κ2) is 5.80. The van der Waals surface area contributed by atoms with Crippen LogP contribution in [0.15, 0.2) is 18.2 Å². The highest BCUT2D eigenvalue weighted by atomic mass is 32.2. The zero-order valence-electron chi connectivity index (χ0n) is 11.6. The number of nitrogens with one attached hydrogen (secondary N) is 2. The number of hydrogen-bond acceptors (Lipinski definition) is 4. The van der Waals surface area contributed by atoms with Gasteiger partial charge in [-0.05, 0) is 19.1 Å². The largest absolute Gasteiger partial charge is 0.336 e. The second-order valence-corrected chi connectivity index (χ2v) is 6.71. The molecule has 2 rings (SSSR count). The topological polar surface area (TPSA) is 78.5 Å². The number of rotatable bonds is 3. The summed E-state index contributed by atoms with van der Waals surface area (Å²) >= 11 is 0. The normalized spacial score (nSPS) is 16.0.